The van der Waals surface area contributed by atoms with Gasteiger partial charge in [-0.3, -0.25) is 4.79 Å². The zero-order chi connectivity index (χ0) is 22.5. The first-order valence-electron chi connectivity index (χ1n) is 11.2. The van der Waals surface area contributed by atoms with Crippen LogP contribution in [-0.2, 0) is 13.0 Å². The smallest absolute Gasteiger partial charge is 0.251 e. The minimum absolute atomic E-state index is 0.0101. The highest BCUT2D eigenvalue weighted by Gasteiger charge is 2.14. The number of ether oxygens (including phenoxy) is 1. The maximum absolute atomic E-state index is 12.8. The topological polar surface area (TPSA) is 54.1 Å². The van der Waals surface area contributed by atoms with E-state index in [-0.39, 0.29) is 5.91 Å². The number of nitrogens with one attached hydrogen (secondary N) is 2. The molecule has 0 aliphatic heterocycles. The van der Waals surface area contributed by atoms with Crippen LogP contribution < -0.4 is 10.1 Å². The number of amides is 1. The quantitative estimate of drug-likeness (QED) is 0.355. The summed E-state index contributed by atoms with van der Waals surface area (Å²) in [5, 5.41) is 4.23. The van der Waals surface area contributed by atoms with Crippen molar-refractivity contribution in [3.8, 4) is 5.75 Å². The molecule has 0 unspecified atom stereocenters. The minimum Gasteiger partial charge on any atom is -0.489 e. The summed E-state index contributed by atoms with van der Waals surface area (Å²) in [4.78, 5) is 16.2. The van der Waals surface area contributed by atoms with Crippen LogP contribution in [0.25, 0.3) is 10.9 Å². The van der Waals surface area contributed by atoms with E-state index in [1.54, 1.807) is 0 Å². The summed E-state index contributed by atoms with van der Waals surface area (Å²) in [5.41, 5.74) is 6.33. The van der Waals surface area contributed by atoms with Gasteiger partial charge in [-0.05, 0) is 60.2 Å². The van der Waals surface area contributed by atoms with E-state index in [0.717, 1.165) is 45.3 Å². The second-order valence-electron chi connectivity index (χ2n) is 8.55. The third-order valence-electron chi connectivity index (χ3n) is 5.74. The standard InChI is InChI=1S/C28H30N2O2/c1-19(2)24-11-9-20(3)15-26(24)28(31)29-14-13-22-17-30-27-12-10-23(16-25(22)27)32-18-21-7-5-4-6-8-21/h4-12,15-17,19,30H,13-14,18H2,1-3H3,(H,29,31). The molecule has 4 heteroatoms. The molecule has 2 N–H and O–H groups in total. The van der Waals surface area contributed by atoms with Gasteiger partial charge in [0.15, 0.2) is 0 Å². The van der Waals surface area contributed by atoms with E-state index >= 15 is 0 Å². The van der Waals surface area contributed by atoms with Crippen LogP contribution in [0.3, 0.4) is 0 Å². The average molecular weight is 427 g/mol. The normalized spacial score (nSPS) is 11.1. The summed E-state index contributed by atoms with van der Waals surface area (Å²) in [7, 11) is 0. The van der Waals surface area contributed by atoms with E-state index in [4.69, 9.17) is 4.74 Å². The van der Waals surface area contributed by atoms with Gasteiger partial charge < -0.3 is 15.0 Å². The Labute approximate surface area is 189 Å². The third-order valence-corrected chi connectivity index (χ3v) is 5.74. The number of fused-ring (bicyclic) bond motifs is 1. The number of aryl methyl sites for hydroxylation is 1. The lowest BCUT2D eigenvalue weighted by Crippen LogP contribution is -2.27. The number of H-pyrrole nitrogens is 1. The molecular formula is C28H30N2O2. The molecule has 0 saturated heterocycles. The molecule has 164 valence electrons. The first-order valence-corrected chi connectivity index (χ1v) is 11.2. The summed E-state index contributed by atoms with van der Waals surface area (Å²) >= 11 is 0. The predicted octanol–water partition coefficient (Wildman–Crippen LogP) is 6.15. The maximum Gasteiger partial charge on any atom is 0.251 e. The van der Waals surface area contributed by atoms with Gasteiger partial charge in [0.1, 0.15) is 12.4 Å². The van der Waals surface area contributed by atoms with Crippen LogP contribution in [0.1, 0.15) is 52.4 Å². The minimum atomic E-state index is -0.0101. The van der Waals surface area contributed by atoms with E-state index < -0.39 is 0 Å². The number of rotatable bonds is 8. The summed E-state index contributed by atoms with van der Waals surface area (Å²) in [6.45, 7) is 7.36. The van der Waals surface area contributed by atoms with Crippen LogP contribution >= 0.6 is 0 Å². The lowest BCUT2D eigenvalue weighted by molar-refractivity contribution is 0.0952. The fourth-order valence-electron chi connectivity index (χ4n) is 3.97. The molecule has 4 aromatic rings. The molecule has 3 aromatic carbocycles. The average Bonchev–Trinajstić information content (AvgIpc) is 3.20. The van der Waals surface area contributed by atoms with E-state index in [1.807, 2.05) is 49.5 Å². The molecule has 32 heavy (non-hydrogen) atoms. The Hall–Kier alpha value is -3.53. The Kier molecular flexibility index (Phi) is 6.60. The summed E-state index contributed by atoms with van der Waals surface area (Å²) in [5.74, 6) is 1.14. The van der Waals surface area contributed by atoms with Crippen molar-refractivity contribution in [1.82, 2.24) is 10.3 Å². The third kappa shape index (κ3) is 5.02. The molecule has 0 aliphatic carbocycles. The van der Waals surface area contributed by atoms with Gasteiger partial charge in [0, 0.05) is 29.2 Å². The summed E-state index contributed by atoms with van der Waals surface area (Å²) in [6, 6.07) is 22.4. The van der Waals surface area contributed by atoms with Gasteiger partial charge in [-0.25, -0.2) is 0 Å². The predicted molar refractivity (Wildman–Crippen MR) is 130 cm³/mol. The Balaban J connectivity index is 1.41. The van der Waals surface area contributed by atoms with Crippen LogP contribution in [0.4, 0.5) is 0 Å². The number of hydrogen-bond acceptors (Lipinski definition) is 2. The molecule has 0 radical (unpaired) electrons. The molecule has 0 bridgehead atoms. The Morgan fingerprint density at radius 3 is 2.62 bits per heavy atom. The van der Waals surface area contributed by atoms with Gasteiger partial charge >= 0.3 is 0 Å². The highest BCUT2D eigenvalue weighted by Crippen LogP contribution is 2.25. The zero-order valence-corrected chi connectivity index (χ0v) is 18.9. The second-order valence-corrected chi connectivity index (χ2v) is 8.55. The molecule has 1 aromatic heterocycles. The van der Waals surface area contributed by atoms with E-state index in [9.17, 15) is 4.79 Å². The van der Waals surface area contributed by atoms with Crippen LogP contribution in [0.5, 0.6) is 5.75 Å². The Morgan fingerprint density at radius 1 is 1.03 bits per heavy atom. The summed E-state index contributed by atoms with van der Waals surface area (Å²) < 4.78 is 5.99. The molecule has 4 rings (SSSR count). The van der Waals surface area contributed by atoms with Gasteiger partial charge in [-0.15, -0.1) is 0 Å². The number of aromatic nitrogens is 1. The first kappa shape index (κ1) is 21.7. The van der Waals surface area contributed by atoms with E-state index in [2.05, 4.69) is 54.5 Å². The van der Waals surface area contributed by atoms with Crippen LogP contribution in [-0.4, -0.2) is 17.4 Å². The number of carbonyl (C=O) groups excluding carboxylic acids is 1. The van der Waals surface area contributed by atoms with E-state index in [1.165, 1.54) is 5.56 Å². The lowest BCUT2D eigenvalue weighted by atomic mass is 9.95. The van der Waals surface area contributed by atoms with Crippen LogP contribution in [0, 0.1) is 6.92 Å². The second kappa shape index (κ2) is 9.73. The van der Waals surface area contributed by atoms with Gasteiger partial charge in [-0.2, -0.15) is 0 Å². The lowest BCUT2D eigenvalue weighted by Gasteiger charge is -2.14. The molecule has 0 aliphatic rings. The number of aromatic amines is 1. The molecule has 1 amide bonds. The van der Waals surface area contributed by atoms with Crippen molar-refractivity contribution in [3.63, 3.8) is 0 Å². The SMILES string of the molecule is Cc1ccc(C(C)C)c(C(=O)NCCc2c[nH]c3ccc(OCc4ccccc4)cc23)c1. The van der Waals surface area contributed by atoms with Crippen molar-refractivity contribution in [2.24, 2.45) is 0 Å². The fourth-order valence-corrected chi connectivity index (χ4v) is 3.97. The Bertz CT molecular complexity index is 1210. The molecule has 0 saturated carbocycles. The largest absolute Gasteiger partial charge is 0.489 e. The molecule has 4 nitrogen and oxygen atoms in total. The van der Waals surface area contributed by atoms with Crippen molar-refractivity contribution in [2.75, 3.05) is 6.54 Å². The van der Waals surface area contributed by atoms with Crippen molar-refractivity contribution in [3.05, 3.63) is 101 Å². The van der Waals surface area contributed by atoms with Gasteiger partial charge in [0.25, 0.3) is 5.91 Å². The number of hydrogen-bond donors (Lipinski definition) is 2. The zero-order valence-electron chi connectivity index (χ0n) is 18.9. The van der Waals surface area contributed by atoms with Gasteiger partial charge in [0.2, 0.25) is 0 Å². The van der Waals surface area contributed by atoms with Crippen molar-refractivity contribution in [1.29, 1.82) is 0 Å². The van der Waals surface area contributed by atoms with Crippen LogP contribution in [0.2, 0.25) is 0 Å². The molecule has 0 atom stereocenters. The number of benzene rings is 3. The van der Waals surface area contributed by atoms with E-state index in [0.29, 0.717) is 19.1 Å². The van der Waals surface area contributed by atoms with Gasteiger partial charge in [-0.1, -0.05) is 61.9 Å². The highest BCUT2D eigenvalue weighted by molar-refractivity contribution is 5.96. The molecule has 1 heterocycles. The maximum atomic E-state index is 12.8. The van der Waals surface area contributed by atoms with Crippen molar-refractivity contribution >= 4 is 16.8 Å². The fraction of sp³-hybridized carbons (Fsp3) is 0.250. The van der Waals surface area contributed by atoms with Crippen LogP contribution in [0.15, 0.2) is 72.9 Å². The van der Waals surface area contributed by atoms with Crippen molar-refractivity contribution in [2.45, 2.75) is 39.7 Å². The number of carbonyl (C=O) groups is 1. The highest BCUT2D eigenvalue weighted by atomic mass is 16.5. The molecule has 0 fully saturated rings. The monoisotopic (exact) mass is 426 g/mol. The summed E-state index contributed by atoms with van der Waals surface area (Å²) in [6.07, 6.45) is 2.76. The molecule has 0 spiro atoms. The molecular weight excluding hydrogens is 396 g/mol. The Morgan fingerprint density at radius 2 is 1.84 bits per heavy atom. The van der Waals surface area contributed by atoms with Crippen molar-refractivity contribution < 1.29 is 9.53 Å². The first-order chi connectivity index (χ1) is 15.5. The van der Waals surface area contributed by atoms with Gasteiger partial charge in [0.05, 0.1) is 0 Å².